The topological polar surface area (TPSA) is 29.3 Å². The highest BCUT2D eigenvalue weighted by molar-refractivity contribution is 4.98. The highest BCUT2D eigenvalue weighted by Gasteiger charge is 2.46. The van der Waals surface area contributed by atoms with Crippen LogP contribution in [-0.4, -0.2) is 30.6 Å². The van der Waals surface area contributed by atoms with Crippen molar-refractivity contribution >= 4 is 0 Å². The number of hydrogen-bond donors (Lipinski definition) is 1. The number of piperidine rings is 1. The van der Waals surface area contributed by atoms with Crippen LogP contribution in [0.15, 0.2) is 0 Å². The minimum absolute atomic E-state index is 0.580. The van der Waals surface area contributed by atoms with Gasteiger partial charge in [0.2, 0.25) is 0 Å². The Morgan fingerprint density at radius 2 is 2.13 bits per heavy atom. The molecule has 1 aliphatic carbocycles. The fourth-order valence-electron chi connectivity index (χ4n) is 3.54. The summed E-state index contributed by atoms with van der Waals surface area (Å²) in [7, 11) is 0. The number of likely N-dealkylation sites (tertiary alicyclic amines) is 1. The molecule has 2 aliphatic rings. The van der Waals surface area contributed by atoms with Crippen molar-refractivity contribution in [3.63, 3.8) is 0 Å². The normalized spacial score (nSPS) is 32.6. The van der Waals surface area contributed by atoms with Crippen molar-refractivity contribution in [2.45, 2.75) is 52.0 Å². The summed E-state index contributed by atoms with van der Waals surface area (Å²) >= 11 is 0. The molecule has 2 fully saturated rings. The van der Waals surface area contributed by atoms with E-state index in [-0.39, 0.29) is 0 Å². The third kappa shape index (κ3) is 1.94. The van der Waals surface area contributed by atoms with E-state index >= 15 is 0 Å². The average molecular weight is 210 g/mol. The molecule has 1 saturated carbocycles. The Balaban J connectivity index is 1.97. The molecule has 2 N–H and O–H groups in total. The summed E-state index contributed by atoms with van der Waals surface area (Å²) in [4.78, 5) is 2.61. The van der Waals surface area contributed by atoms with Gasteiger partial charge in [-0.25, -0.2) is 0 Å². The maximum atomic E-state index is 5.76. The van der Waals surface area contributed by atoms with Crippen molar-refractivity contribution in [3.05, 3.63) is 0 Å². The largest absolute Gasteiger partial charge is 0.329 e. The molecular formula is C13H26N2. The monoisotopic (exact) mass is 210 g/mol. The number of rotatable bonds is 3. The first-order valence-corrected chi connectivity index (χ1v) is 6.66. The smallest absolute Gasteiger partial charge is 0.0190 e. The molecule has 0 aromatic rings. The summed E-state index contributed by atoms with van der Waals surface area (Å²) in [6.45, 7) is 8.03. The van der Waals surface area contributed by atoms with Crippen LogP contribution in [0, 0.1) is 11.3 Å². The van der Waals surface area contributed by atoms with Crippen LogP contribution in [-0.2, 0) is 0 Å². The second-order valence-corrected chi connectivity index (χ2v) is 5.65. The molecule has 0 amide bonds. The Morgan fingerprint density at radius 3 is 2.60 bits per heavy atom. The van der Waals surface area contributed by atoms with Crippen molar-refractivity contribution in [2.24, 2.45) is 17.1 Å². The Labute approximate surface area is 94.2 Å². The molecule has 0 radical (unpaired) electrons. The average Bonchev–Trinajstić information content (AvgIpc) is 2.24. The summed E-state index contributed by atoms with van der Waals surface area (Å²) in [6, 6.07) is 0.580. The lowest BCUT2D eigenvalue weighted by molar-refractivity contribution is -0.0412. The third-order valence-electron chi connectivity index (χ3n) is 5.02. The second kappa shape index (κ2) is 4.42. The summed E-state index contributed by atoms with van der Waals surface area (Å²) in [6.07, 6.45) is 7.25. The zero-order valence-corrected chi connectivity index (χ0v) is 10.3. The van der Waals surface area contributed by atoms with Crippen LogP contribution in [0.4, 0.5) is 0 Å². The van der Waals surface area contributed by atoms with Crippen LogP contribution in [0.2, 0.25) is 0 Å². The van der Waals surface area contributed by atoms with E-state index in [1.807, 2.05) is 0 Å². The molecule has 15 heavy (non-hydrogen) atoms. The molecule has 2 rings (SSSR count). The van der Waals surface area contributed by atoms with Gasteiger partial charge in [0.15, 0.2) is 0 Å². The number of hydrogen-bond acceptors (Lipinski definition) is 2. The summed E-state index contributed by atoms with van der Waals surface area (Å²) < 4.78 is 0. The van der Waals surface area contributed by atoms with Gasteiger partial charge in [0, 0.05) is 19.1 Å². The number of nitrogens with zero attached hydrogens (tertiary/aromatic N) is 1. The summed E-state index contributed by atoms with van der Waals surface area (Å²) in [5, 5.41) is 0. The van der Waals surface area contributed by atoms with Crippen LogP contribution in [0.3, 0.4) is 0 Å². The lowest BCUT2D eigenvalue weighted by atomic mass is 9.57. The zero-order valence-electron chi connectivity index (χ0n) is 10.3. The van der Waals surface area contributed by atoms with Gasteiger partial charge in [-0.15, -0.1) is 0 Å². The van der Waals surface area contributed by atoms with Gasteiger partial charge in [-0.05, 0) is 44.1 Å². The van der Waals surface area contributed by atoms with Gasteiger partial charge in [-0.3, -0.25) is 4.90 Å². The van der Waals surface area contributed by atoms with E-state index in [1.54, 1.807) is 0 Å². The molecule has 1 aliphatic heterocycles. The molecule has 0 aromatic carbocycles. The zero-order chi connectivity index (χ0) is 10.9. The van der Waals surface area contributed by atoms with E-state index in [0.717, 1.165) is 17.9 Å². The molecule has 2 heteroatoms. The van der Waals surface area contributed by atoms with Crippen molar-refractivity contribution in [1.82, 2.24) is 4.90 Å². The quantitative estimate of drug-likeness (QED) is 0.774. The first-order valence-electron chi connectivity index (χ1n) is 6.66. The lowest BCUT2D eigenvalue weighted by Gasteiger charge is -2.54. The van der Waals surface area contributed by atoms with Gasteiger partial charge < -0.3 is 5.73 Å². The van der Waals surface area contributed by atoms with Crippen LogP contribution >= 0.6 is 0 Å². The summed E-state index contributed by atoms with van der Waals surface area (Å²) in [5.41, 5.74) is 6.51. The Kier molecular flexibility index (Phi) is 3.36. The molecule has 1 spiro atoms. The molecule has 0 bridgehead atoms. The highest BCUT2D eigenvalue weighted by atomic mass is 15.2. The van der Waals surface area contributed by atoms with Crippen LogP contribution in [0.1, 0.15) is 46.0 Å². The maximum absolute atomic E-state index is 5.76. The maximum Gasteiger partial charge on any atom is 0.0190 e. The lowest BCUT2D eigenvalue weighted by Crippen LogP contribution is -2.53. The second-order valence-electron chi connectivity index (χ2n) is 5.65. The fourth-order valence-corrected chi connectivity index (χ4v) is 3.54. The van der Waals surface area contributed by atoms with Crippen molar-refractivity contribution in [3.8, 4) is 0 Å². The van der Waals surface area contributed by atoms with E-state index in [1.165, 1.54) is 45.2 Å². The van der Waals surface area contributed by atoms with E-state index in [2.05, 4.69) is 18.7 Å². The molecule has 88 valence electrons. The first kappa shape index (κ1) is 11.4. The SMILES string of the molecule is CCC1CN(C(C)CN)CCC12CCC2. The Morgan fingerprint density at radius 1 is 1.40 bits per heavy atom. The van der Waals surface area contributed by atoms with Gasteiger partial charge in [0.1, 0.15) is 0 Å². The minimum Gasteiger partial charge on any atom is -0.329 e. The predicted molar refractivity (Wildman–Crippen MR) is 64.8 cm³/mol. The molecular weight excluding hydrogens is 184 g/mol. The van der Waals surface area contributed by atoms with Crippen LogP contribution in [0.25, 0.3) is 0 Å². The van der Waals surface area contributed by atoms with Gasteiger partial charge in [0.05, 0.1) is 0 Å². The van der Waals surface area contributed by atoms with Crippen LogP contribution in [0.5, 0.6) is 0 Å². The van der Waals surface area contributed by atoms with Gasteiger partial charge in [-0.1, -0.05) is 19.8 Å². The highest BCUT2D eigenvalue weighted by Crippen LogP contribution is 2.53. The van der Waals surface area contributed by atoms with Gasteiger partial charge in [-0.2, -0.15) is 0 Å². The number of nitrogens with two attached hydrogens (primary N) is 1. The molecule has 2 atom stereocenters. The van der Waals surface area contributed by atoms with Crippen molar-refractivity contribution < 1.29 is 0 Å². The van der Waals surface area contributed by atoms with Crippen molar-refractivity contribution in [1.29, 1.82) is 0 Å². The van der Waals surface area contributed by atoms with E-state index in [0.29, 0.717) is 6.04 Å². The first-order chi connectivity index (χ1) is 7.22. The Bertz CT molecular complexity index is 211. The van der Waals surface area contributed by atoms with E-state index < -0.39 is 0 Å². The summed E-state index contributed by atoms with van der Waals surface area (Å²) in [5.74, 6) is 0.939. The molecule has 2 unspecified atom stereocenters. The fraction of sp³-hybridized carbons (Fsp3) is 1.00. The third-order valence-corrected chi connectivity index (χ3v) is 5.02. The molecule has 0 aromatic heterocycles. The molecule has 1 saturated heterocycles. The molecule has 2 nitrogen and oxygen atoms in total. The van der Waals surface area contributed by atoms with E-state index in [4.69, 9.17) is 5.73 Å². The standard InChI is InChI=1S/C13H26N2/c1-3-12-10-15(11(2)9-14)8-7-13(12)5-4-6-13/h11-12H,3-10,14H2,1-2H3. The minimum atomic E-state index is 0.580. The molecule has 1 heterocycles. The predicted octanol–water partition coefficient (Wildman–Crippen LogP) is 2.24. The Hall–Kier alpha value is -0.0800. The van der Waals surface area contributed by atoms with Gasteiger partial charge >= 0.3 is 0 Å². The van der Waals surface area contributed by atoms with Crippen molar-refractivity contribution in [2.75, 3.05) is 19.6 Å². The van der Waals surface area contributed by atoms with Crippen LogP contribution < -0.4 is 5.73 Å². The van der Waals surface area contributed by atoms with E-state index in [9.17, 15) is 0 Å². The van der Waals surface area contributed by atoms with Gasteiger partial charge in [0.25, 0.3) is 0 Å².